The first-order valence-electron chi connectivity index (χ1n) is 5.38. The number of carbonyl (C=O) groups excluding carboxylic acids is 1. The van der Waals surface area contributed by atoms with Gasteiger partial charge in [0.25, 0.3) is 5.91 Å². The number of hydrogen-bond donors (Lipinski definition) is 2. The van der Waals surface area contributed by atoms with Gasteiger partial charge in [-0.2, -0.15) is 10.2 Å². The maximum Gasteiger partial charge on any atom is 0.291 e. The van der Waals surface area contributed by atoms with Crippen LogP contribution in [0.2, 0.25) is 5.02 Å². The summed E-state index contributed by atoms with van der Waals surface area (Å²) < 4.78 is 1.52. The smallest absolute Gasteiger partial charge is 0.291 e. The number of halogens is 1. The predicted molar refractivity (Wildman–Crippen MR) is 71.4 cm³/mol. The first-order chi connectivity index (χ1) is 9.06. The fraction of sp³-hybridized carbons (Fsp3) is 0.0833. The normalized spacial score (nSPS) is 10.8. The third-order valence-corrected chi connectivity index (χ3v) is 2.54. The van der Waals surface area contributed by atoms with E-state index >= 15 is 0 Å². The minimum atomic E-state index is -0.432. The van der Waals surface area contributed by atoms with Crippen molar-refractivity contribution in [3.63, 3.8) is 0 Å². The highest BCUT2D eigenvalue weighted by Gasteiger charge is 2.07. The zero-order chi connectivity index (χ0) is 13.8. The second kappa shape index (κ2) is 5.53. The first-order valence-corrected chi connectivity index (χ1v) is 5.75. The van der Waals surface area contributed by atoms with Crippen molar-refractivity contribution >= 4 is 23.7 Å². The fourth-order valence-corrected chi connectivity index (χ4v) is 1.56. The molecular formula is C12H11ClN4O2. The van der Waals surface area contributed by atoms with E-state index in [9.17, 15) is 9.90 Å². The number of hydrazone groups is 1. The number of aryl methyl sites for hydroxylation is 1. The molecule has 2 rings (SSSR count). The van der Waals surface area contributed by atoms with Gasteiger partial charge in [0.2, 0.25) is 0 Å². The molecule has 1 aromatic carbocycles. The predicted octanol–water partition coefficient (Wildman–Crippen LogP) is 1.54. The quantitative estimate of drug-likeness (QED) is 0.660. The molecule has 0 aliphatic heterocycles. The molecule has 1 amide bonds. The summed E-state index contributed by atoms with van der Waals surface area (Å²) >= 11 is 5.78. The molecule has 0 aliphatic carbocycles. The Kier molecular flexibility index (Phi) is 3.82. The van der Waals surface area contributed by atoms with E-state index in [4.69, 9.17) is 11.6 Å². The van der Waals surface area contributed by atoms with Gasteiger partial charge in [-0.25, -0.2) is 5.43 Å². The molecule has 0 aliphatic rings. The minimum absolute atomic E-state index is 0.0280. The lowest BCUT2D eigenvalue weighted by molar-refractivity contribution is 0.0949. The molecule has 2 aromatic rings. The summed E-state index contributed by atoms with van der Waals surface area (Å²) in [5.41, 5.74) is 2.98. The van der Waals surface area contributed by atoms with Crippen LogP contribution in [0.3, 0.4) is 0 Å². The van der Waals surface area contributed by atoms with Crippen LogP contribution in [0.5, 0.6) is 5.75 Å². The van der Waals surface area contributed by atoms with Crippen LogP contribution in [-0.2, 0) is 7.05 Å². The SMILES string of the molecule is Cn1ccc(C(=O)N/N=C/c2cc(Cl)ccc2O)n1. The van der Waals surface area contributed by atoms with E-state index < -0.39 is 5.91 Å². The average Bonchev–Trinajstić information content (AvgIpc) is 2.80. The third-order valence-electron chi connectivity index (χ3n) is 2.31. The summed E-state index contributed by atoms with van der Waals surface area (Å²) in [4.78, 5) is 11.6. The summed E-state index contributed by atoms with van der Waals surface area (Å²) in [7, 11) is 1.71. The van der Waals surface area contributed by atoms with E-state index in [1.165, 1.54) is 23.0 Å². The molecule has 2 N–H and O–H groups in total. The number of nitrogens with one attached hydrogen (secondary N) is 1. The van der Waals surface area contributed by atoms with Gasteiger partial charge in [-0.05, 0) is 24.3 Å². The van der Waals surface area contributed by atoms with Crippen LogP contribution in [0.25, 0.3) is 0 Å². The van der Waals surface area contributed by atoms with E-state index in [1.54, 1.807) is 25.4 Å². The third kappa shape index (κ3) is 3.32. The van der Waals surface area contributed by atoms with Crippen LogP contribution < -0.4 is 5.43 Å². The van der Waals surface area contributed by atoms with Gasteiger partial charge in [-0.3, -0.25) is 9.48 Å². The van der Waals surface area contributed by atoms with E-state index in [2.05, 4.69) is 15.6 Å². The van der Waals surface area contributed by atoms with Gasteiger partial charge in [-0.15, -0.1) is 0 Å². The van der Waals surface area contributed by atoms with Gasteiger partial charge in [0.15, 0.2) is 5.69 Å². The van der Waals surface area contributed by atoms with Crippen LogP contribution in [0, 0.1) is 0 Å². The molecule has 19 heavy (non-hydrogen) atoms. The first kappa shape index (κ1) is 13.1. The lowest BCUT2D eigenvalue weighted by Crippen LogP contribution is -2.18. The average molecular weight is 279 g/mol. The summed E-state index contributed by atoms with van der Waals surface area (Å²) in [5, 5.41) is 17.7. The second-order valence-electron chi connectivity index (χ2n) is 3.78. The van der Waals surface area contributed by atoms with Crippen LogP contribution >= 0.6 is 11.6 Å². The van der Waals surface area contributed by atoms with Crippen molar-refractivity contribution in [1.82, 2.24) is 15.2 Å². The van der Waals surface area contributed by atoms with E-state index in [1.807, 2.05) is 0 Å². The highest BCUT2D eigenvalue weighted by atomic mass is 35.5. The number of aromatic nitrogens is 2. The standard InChI is InChI=1S/C12H11ClN4O2/c1-17-5-4-10(16-17)12(19)15-14-7-8-6-9(13)2-3-11(8)18/h2-7,18H,1H3,(H,15,19)/b14-7+. The summed E-state index contributed by atoms with van der Waals surface area (Å²) in [6.07, 6.45) is 2.96. The van der Waals surface area contributed by atoms with Gasteiger partial charge in [0, 0.05) is 23.8 Å². The number of rotatable bonds is 3. The molecule has 0 bridgehead atoms. The Balaban J connectivity index is 2.04. The molecule has 0 spiro atoms. The van der Waals surface area contributed by atoms with Gasteiger partial charge >= 0.3 is 0 Å². The van der Waals surface area contributed by atoms with Gasteiger partial charge in [0.05, 0.1) is 6.21 Å². The highest BCUT2D eigenvalue weighted by Crippen LogP contribution is 2.19. The molecule has 0 atom stereocenters. The monoisotopic (exact) mass is 278 g/mol. The molecular weight excluding hydrogens is 268 g/mol. The van der Waals surface area contributed by atoms with Crippen molar-refractivity contribution < 1.29 is 9.90 Å². The number of nitrogens with zero attached hydrogens (tertiary/aromatic N) is 3. The Morgan fingerprint density at radius 2 is 2.32 bits per heavy atom. The maximum atomic E-state index is 11.6. The summed E-state index contributed by atoms with van der Waals surface area (Å²) in [6.45, 7) is 0. The van der Waals surface area contributed by atoms with Crippen LogP contribution in [0.1, 0.15) is 16.1 Å². The van der Waals surface area contributed by atoms with Gasteiger partial charge in [0.1, 0.15) is 5.75 Å². The molecule has 6 nitrogen and oxygen atoms in total. The van der Waals surface area contributed by atoms with Crippen molar-refractivity contribution in [2.45, 2.75) is 0 Å². The van der Waals surface area contributed by atoms with E-state index in [0.29, 0.717) is 10.6 Å². The number of phenolic OH excluding ortho intramolecular Hbond substituents is 1. The molecule has 1 aromatic heterocycles. The molecule has 0 unspecified atom stereocenters. The Morgan fingerprint density at radius 3 is 3.00 bits per heavy atom. The van der Waals surface area contributed by atoms with Crippen molar-refractivity contribution in [2.75, 3.05) is 0 Å². The van der Waals surface area contributed by atoms with Gasteiger partial charge < -0.3 is 5.11 Å². The number of aromatic hydroxyl groups is 1. The van der Waals surface area contributed by atoms with E-state index in [0.717, 1.165) is 0 Å². The zero-order valence-electron chi connectivity index (χ0n) is 10.0. The fourth-order valence-electron chi connectivity index (χ4n) is 1.38. The Hall–Kier alpha value is -2.34. The molecule has 7 heteroatoms. The number of benzene rings is 1. The Labute approximate surface area is 114 Å². The Morgan fingerprint density at radius 1 is 1.53 bits per heavy atom. The topological polar surface area (TPSA) is 79.5 Å². The highest BCUT2D eigenvalue weighted by molar-refractivity contribution is 6.30. The number of amides is 1. The van der Waals surface area contributed by atoms with E-state index in [-0.39, 0.29) is 11.4 Å². The lowest BCUT2D eigenvalue weighted by Gasteiger charge is -1.99. The second-order valence-corrected chi connectivity index (χ2v) is 4.21. The molecule has 98 valence electrons. The Bertz CT molecular complexity index is 636. The zero-order valence-corrected chi connectivity index (χ0v) is 10.8. The largest absolute Gasteiger partial charge is 0.507 e. The molecule has 0 radical (unpaired) electrons. The molecule has 1 heterocycles. The number of carbonyl (C=O) groups is 1. The van der Waals surface area contributed by atoms with Crippen molar-refractivity contribution in [3.05, 3.63) is 46.7 Å². The molecule has 0 saturated heterocycles. The lowest BCUT2D eigenvalue weighted by atomic mass is 10.2. The minimum Gasteiger partial charge on any atom is -0.507 e. The molecule has 0 fully saturated rings. The van der Waals surface area contributed by atoms with Crippen molar-refractivity contribution in [2.24, 2.45) is 12.1 Å². The van der Waals surface area contributed by atoms with Gasteiger partial charge in [-0.1, -0.05) is 11.6 Å². The summed E-state index contributed by atoms with van der Waals surface area (Å²) in [6, 6.07) is 6.11. The summed E-state index contributed by atoms with van der Waals surface area (Å²) in [5.74, 6) is -0.404. The van der Waals surface area contributed by atoms with Crippen LogP contribution in [-0.4, -0.2) is 27.0 Å². The van der Waals surface area contributed by atoms with Crippen LogP contribution in [0.15, 0.2) is 35.6 Å². The maximum absolute atomic E-state index is 11.6. The molecule has 0 saturated carbocycles. The number of hydrogen-bond acceptors (Lipinski definition) is 4. The van der Waals surface area contributed by atoms with Crippen molar-refractivity contribution in [3.8, 4) is 5.75 Å². The van der Waals surface area contributed by atoms with Crippen LogP contribution in [0.4, 0.5) is 0 Å². The van der Waals surface area contributed by atoms with Crippen molar-refractivity contribution in [1.29, 1.82) is 0 Å². The number of phenols is 1.